The molecule has 2 aromatic rings. The van der Waals surface area contributed by atoms with Crippen LogP contribution in [0.25, 0.3) is 0 Å². The molecule has 0 saturated carbocycles. The van der Waals surface area contributed by atoms with Gasteiger partial charge in [-0.3, -0.25) is 5.43 Å². The van der Waals surface area contributed by atoms with Crippen LogP contribution in [0.3, 0.4) is 0 Å². The van der Waals surface area contributed by atoms with Crippen LogP contribution in [-0.2, 0) is 0 Å². The molecule has 0 fully saturated rings. The molecule has 0 aliphatic rings. The number of phenols is 1. The summed E-state index contributed by atoms with van der Waals surface area (Å²) in [5.41, 5.74) is 4.25. The average Bonchev–Trinajstić information content (AvgIpc) is 2.42. The van der Waals surface area contributed by atoms with Crippen molar-refractivity contribution in [2.45, 2.75) is 0 Å². The fraction of sp³-hybridized carbons (Fsp3) is 0. The third-order valence-corrected chi connectivity index (χ3v) is 2.91. The second-order valence-electron chi connectivity index (χ2n) is 3.90. The van der Waals surface area contributed by atoms with E-state index < -0.39 is 0 Å². The van der Waals surface area contributed by atoms with Gasteiger partial charge in [0.25, 0.3) is 0 Å². The minimum Gasteiger partial charge on any atom is -0.508 e. The fourth-order valence-corrected chi connectivity index (χ4v) is 1.86. The minimum atomic E-state index is 0.112. The Kier molecular flexibility index (Phi) is 4.92. The summed E-state index contributed by atoms with van der Waals surface area (Å²) >= 11 is 11.0. The summed E-state index contributed by atoms with van der Waals surface area (Å²) in [6.07, 6.45) is 1.53. The molecule has 2 aromatic carbocycles. The SMILES string of the molecule is Oc1ccc(/C=N\NC(=S)Nc2ccccc2)c(Cl)c1. The van der Waals surface area contributed by atoms with Crippen molar-refractivity contribution >= 4 is 40.8 Å². The second-order valence-corrected chi connectivity index (χ2v) is 4.71. The molecule has 0 aromatic heterocycles. The molecule has 3 N–H and O–H groups in total. The molecular weight excluding hydrogens is 294 g/mol. The monoisotopic (exact) mass is 305 g/mol. The largest absolute Gasteiger partial charge is 0.508 e. The summed E-state index contributed by atoms with van der Waals surface area (Å²) in [4.78, 5) is 0. The van der Waals surface area contributed by atoms with Gasteiger partial charge in [0.05, 0.1) is 11.2 Å². The molecule has 0 unspecified atom stereocenters. The van der Waals surface area contributed by atoms with Crippen molar-refractivity contribution in [2.24, 2.45) is 5.10 Å². The predicted octanol–water partition coefficient (Wildman–Crippen LogP) is 3.37. The quantitative estimate of drug-likeness (QED) is 0.462. The maximum Gasteiger partial charge on any atom is 0.191 e. The molecule has 20 heavy (non-hydrogen) atoms. The highest BCUT2D eigenvalue weighted by molar-refractivity contribution is 7.80. The third kappa shape index (κ3) is 4.22. The van der Waals surface area contributed by atoms with Crippen LogP contribution >= 0.6 is 23.8 Å². The van der Waals surface area contributed by atoms with E-state index in [-0.39, 0.29) is 5.75 Å². The molecular formula is C14H12ClN3OS. The first-order chi connectivity index (χ1) is 9.65. The first-order valence-electron chi connectivity index (χ1n) is 5.79. The van der Waals surface area contributed by atoms with Crippen LogP contribution in [-0.4, -0.2) is 16.4 Å². The zero-order chi connectivity index (χ0) is 14.4. The van der Waals surface area contributed by atoms with E-state index in [4.69, 9.17) is 23.8 Å². The maximum atomic E-state index is 9.24. The van der Waals surface area contributed by atoms with E-state index in [1.165, 1.54) is 18.3 Å². The summed E-state index contributed by atoms with van der Waals surface area (Å²) in [6.45, 7) is 0. The van der Waals surface area contributed by atoms with Crippen LogP contribution in [0, 0.1) is 0 Å². The van der Waals surface area contributed by atoms with Crippen molar-refractivity contribution in [3.8, 4) is 5.75 Å². The first kappa shape index (κ1) is 14.3. The molecule has 2 rings (SSSR count). The number of benzene rings is 2. The lowest BCUT2D eigenvalue weighted by atomic mass is 10.2. The van der Waals surface area contributed by atoms with Gasteiger partial charge in [0, 0.05) is 11.3 Å². The zero-order valence-corrected chi connectivity index (χ0v) is 11.9. The highest BCUT2D eigenvalue weighted by atomic mass is 35.5. The average molecular weight is 306 g/mol. The van der Waals surface area contributed by atoms with Gasteiger partial charge in [-0.25, -0.2) is 0 Å². The van der Waals surface area contributed by atoms with E-state index in [9.17, 15) is 5.11 Å². The van der Waals surface area contributed by atoms with Crippen molar-refractivity contribution in [1.82, 2.24) is 5.43 Å². The van der Waals surface area contributed by atoms with Crippen LogP contribution in [0.4, 0.5) is 5.69 Å². The molecule has 6 heteroatoms. The van der Waals surface area contributed by atoms with Crippen LogP contribution in [0.5, 0.6) is 5.75 Å². The van der Waals surface area contributed by atoms with Crippen LogP contribution in [0.15, 0.2) is 53.6 Å². The predicted molar refractivity (Wildman–Crippen MR) is 86.5 cm³/mol. The summed E-state index contributed by atoms with van der Waals surface area (Å²) < 4.78 is 0. The Morgan fingerprint density at radius 1 is 1.20 bits per heavy atom. The Labute approximate surface area is 127 Å². The van der Waals surface area contributed by atoms with Gasteiger partial charge >= 0.3 is 0 Å². The number of para-hydroxylation sites is 1. The van der Waals surface area contributed by atoms with Gasteiger partial charge in [0.2, 0.25) is 0 Å². The van der Waals surface area contributed by atoms with Crippen molar-refractivity contribution in [3.63, 3.8) is 0 Å². The number of thiocarbonyl (C=S) groups is 1. The van der Waals surface area contributed by atoms with Gasteiger partial charge in [0.1, 0.15) is 5.75 Å². The number of nitrogens with one attached hydrogen (secondary N) is 2. The summed E-state index contributed by atoms with van der Waals surface area (Å²) in [7, 11) is 0. The summed E-state index contributed by atoms with van der Waals surface area (Å²) in [5.74, 6) is 0.112. The van der Waals surface area contributed by atoms with Gasteiger partial charge in [-0.05, 0) is 42.5 Å². The molecule has 0 aliphatic carbocycles. The van der Waals surface area contributed by atoms with E-state index in [1.807, 2.05) is 30.3 Å². The Morgan fingerprint density at radius 3 is 2.65 bits per heavy atom. The molecule has 4 nitrogen and oxygen atoms in total. The third-order valence-electron chi connectivity index (χ3n) is 2.39. The Hall–Kier alpha value is -2.11. The molecule has 0 heterocycles. The van der Waals surface area contributed by atoms with E-state index in [1.54, 1.807) is 6.07 Å². The molecule has 0 atom stereocenters. The lowest BCUT2D eigenvalue weighted by Crippen LogP contribution is -2.23. The second kappa shape index (κ2) is 6.88. The van der Waals surface area contributed by atoms with E-state index >= 15 is 0 Å². The van der Waals surface area contributed by atoms with Gasteiger partial charge in [0.15, 0.2) is 5.11 Å². The molecule has 0 aliphatic heterocycles. The fourth-order valence-electron chi connectivity index (χ4n) is 1.46. The van der Waals surface area contributed by atoms with Gasteiger partial charge in [-0.15, -0.1) is 0 Å². The summed E-state index contributed by atoms with van der Waals surface area (Å²) in [5, 5.41) is 17.0. The molecule has 0 radical (unpaired) electrons. The molecule has 102 valence electrons. The number of hydrogen-bond acceptors (Lipinski definition) is 3. The maximum absolute atomic E-state index is 9.24. The molecule has 0 bridgehead atoms. The van der Waals surface area contributed by atoms with Crippen LogP contribution < -0.4 is 10.7 Å². The number of halogens is 1. The van der Waals surface area contributed by atoms with E-state index in [0.717, 1.165) is 5.69 Å². The number of nitrogens with zero attached hydrogens (tertiary/aromatic N) is 1. The number of aromatic hydroxyl groups is 1. The molecule has 0 saturated heterocycles. The number of hydrogen-bond donors (Lipinski definition) is 3. The molecule has 0 spiro atoms. The van der Waals surface area contributed by atoms with Gasteiger partial charge in [-0.2, -0.15) is 5.10 Å². The minimum absolute atomic E-state index is 0.112. The van der Waals surface area contributed by atoms with Crippen molar-refractivity contribution in [2.75, 3.05) is 5.32 Å². The van der Waals surface area contributed by atoms with Crippen LogP contribution in [0.2, 0.25) is 5.02 Å². The normalized spacial score (nSPS) is 10.4. The Bertz CT molecular complexity index is 632. The van der Waals surface area contributed by atoms with Gasteiger partial charge < -0.3 is 10.4 Å². The van der Waals surface area contributed by atoms with Crippen LogP contribution in [0.1, 0.15) is 5.56 Å². The van der Waals surface area contributed by atoms with E-state index in [0.29, 0.717) is 15.7 Å². The standard InChI is InChI=1S/C14H12ClN3OS/c15-13-8-12(19)7-6-10(13)9-16-18-14(20)17-11-4-2-1-3-5-11/h1-9,19H,(H2,17,18,20)/b16-9-. The van der Waals surface area contributed by atoms with Crippen molar-refractivity contribution in [3.05, 3.63) is 59.1 Å². The molecule has 0 amide bonds. The first-order valence-corrected chi connectivity index (χ1v) is 6.57. The topological polar surface area (TPSA) is 56.7 Å². The lowest BCUT2D eigenvalue weighted by Gasteiger charge is -2.06. The van der Waals surface area contributed by atoms with Crippen molar-refractivity contribution in [1.29, 1.82) is 0 Å². The van der Waals surface area contributed by atoms with E-state index in [2.05, 4.69) is 15.8 Å². The Morgan fingerprint density at radius 2 is 1.95 bits per heavy atom. The number of phenolic OH excluding ortho intramolecular Hbond substituents is 1. The lowest BCUT2D eigenvalue weighted by molar-refractivity contribution is 0.475. The number of anilines is 1. The smallest absolute Gasteiger partial charge is 0.191 e. The van der Waals surface area contributed by atoms with Gasteiger partial charge in [-0.1, -0.05) is 29.8 Å². The zero-order valence-electron chi connectivity index (χ0n) is 10.4. The Balaban J connectivity index is 1.91. The highest BCUT2D eigenvalue weighted by Gasteiger charge is 1.99. The summed E-state index contributed by atoms with van der Waals surface area (Å²) in [6, 6.07) is 14.2. The number of rotatable bonds is 3. The number of hydrazone groups is 1. The van der Waals surface area contributed by atoms with Crippen molar-refractivity contribution < 1.29 is 5.11 Å². The highest BCUT2D eigenvalue weighted by Crippen LogP contribution is 2.19.